The fourth-order valence-electron chi connectivity index (χ4n) is 10.1. The highest BCUT2D eigenvalue weighted by molar-refractivity contribution is 7.98. The maximum Gasteiger partial charge on any atom is 0.253 e. The highest BCUT2D eigenvalue weighted by Gasteiger charge is 2.42. The van der Waals surface area contributed by atoms with Gasteiger partial charge in [-0.05, 0) is 86.3 Å². The third-order valence-electron chi connectivity index (χ3n) is 14.4. The van der Waals surface area contributed by atoms with Gasteiger partial charge in [-0.15, -0.1) is 0 Å². The summed E-state index contributed by atoms with van der Waals surface area (Å²) in [7, 11) is 8.38. The molecule has 0 aromatic heterocycles. The van der Waals surface area contributed by atoms with E-state index in [9.17, 15) is 43.2 Å². The molecule has 0 saturated carbocycles. The summed E-state index contributed by atoms with van der Waals surface area (Å²) in [5.41, 5.74) is -0.687. The number of nitrogens with zero attached hydrogens (tertiary/aromatic N) is 4. The van der Waals surface area contributed by atoms with Crippen LogP contribution in [-0.2, 0) is 57.4 Å². The second kappa shape index (κ2) is 30.8. The highest BCUT2D eigenvalue weighted by Crippen LogP contribution is 2.31. The van der Waals surface area contributed by atoms with Gasteiger partial charge in [0, 0.05) is 68.9 Å². The van der Waals surface area contributed by atoms with Crippen LogP contribution in [0.4, 0.5) is 5.69 Å². The van der Waals surface area contributed by atoms with Crippen LogP contribution in [0.15, 0.2) is 41.3 Å². The van der Waals surface area contributed by atoms with Crippen molar-refractivity contribution in [3.63, 3.8) is 0 Å². The van der Waals surface area contributed by atoms with Crippen LogP contribution in [0, 0.1) is 34.5 Å². The van der Waals surface area contributed by atoms with Crippen molar-refractivity contribution in [2.24, 2.45) is 34.5 Å². The number of ether oxygens (including phenoxy) is 3. The molecular formula is C56H91N9O12S. The molecule has 438 valence electrons. The van der Waals surface area contributed by atoms with Gasteiger partial charge in [0.1, 0.15) is 6.04 Å². The zero-order valence-corrected chi connectivity index (χ0v) is 49.9. The second-order valence-electron chi connectivity index (χ2n) is 23.3. The Hall–Kier alpha value is -5.42. The van der Waals surface area contributed by atoms with Crippen LogP contribution in [0.2, 0.25) is 0 Å². The molecule has 2 aliphatic rings. The molecule has 5 N–H and O–H groups in total. The molecule has 2 heterocycles. The molecule has 1 saturated heterocycles. The van der Waals surface area contributed by atoms with Crippen LogP contribution in [-0.4, -0.2) is 184 Å². The first-order chi connectivity index (χ1) is 36.5. The summed E-state index contributed by atoms with van der Waals surface area (Å²) in [6.45, 7) is 21.3. The molecule has 9 amide bonds. The van der Waals surface area contributed by atoms with Gasteiger partial charge >= 0.3 is 0 Å². The van der Waals surface area contributed by atoms with Crippen molar-refractivity contribution >= 4 is 70.8 Å². The van der Waals surface area contributed by atoms with E-state index in [1.54, 1.807) is 61.9 Å². The molecule has 1 fully saturated rings. The molecule has 21 nitrogen and oxygen atoms in total. The summed E-state index contributed by atoms with van der Waals surface area (Å²) < 4.78 is 20.8. The number of carbonyl (C=O) groups excluding carboxylic acids is 9. The van der Waals surface area contributed by atoms with Gasteiger partial charge in [0.05, 0.1) is 69.0 Å². The van der Waals surface area contributed by atoms with Gasteiger partial charge in [0.15, 0.2) is 0 Å². The van der Waals surface area contributed by atoms with Crippen molar-refractivity contribution in [2.45, 2.75) is 150 Å². The topological polar surface area (TPSA) is 254 Å². The summed E-state index contributed by atoms with van der Waals surface area (Å²) in [4.78, 5) is 125. The Kier molecular flexibility index (Phi) is 26.4. The summed E-state index contributed by atoms with van der Waals surface area (Å²) in [6, 6.07) is 4.59. The number of likely N-dealkylation sites (N-methyl/N-ethyl adjacent to an activating group) is 2. The third-order valence-corrected chi connectivity index (χ3v) is 15.2. The van der Waals surface area contributed by atoms with Gasteiger partial charge in [0.25, 0.3) is 11.8 Å². The van der Waals surface area contributed by atoms with E-state index in [1.807, 2.05) is 74.4 Å². The minimum atomic E-state index is -0.910. The molecule has 0 radical (unpaired) electrons. The molecule has 1 aromatic carbocycles. The third kappa shape index (κ3) is 20.0. The smallest absolute Gasteiger partial charge is 0.253 e. The van der Waals surface area contributed by atoms with Gasteiger partial charge in [0.2, 0.25) is 41.4 Å². The molecular weight excluding hydrogens is 1020 g/mol. The molecule has 0 bridgehead atoms. The van der Waals surface area contributed by atoms with Crippen molar-refractivity contribution in [1.29, 1.82) is 0 Å². The van der Waals surface area contributed by atoms with Crippen LogP contribution in [0.25, 0.3) is 0 Å². The molecule has 3 rings (SSSR count). The van der Waals surface area contributed by atoms with Crippen LogP contribution in [0.3, 0.4) is 0 Å². The summed E-state index contributed by atoms with van der Waals surface area (Å²) in [5.74, 6) is -4.07. The lowest BCUT2D eigenvalue weighted by Crippen LogP contribution is -2.55. The van der Waals surface area contributed by atoms with Crippen LogP contribution in [0.5, 0.6) is 0 Å². The van der Waals surface area contributed by atoms with E-state index in [4.69, 9.17) is 14.2 Å². The van der Waals surface area contributed by atoms with E-state index in [2.05, 4.69) is 26.0 Å². The number of rotatable bonds is 32. The Bertz CT molecular complexity index is 2230. The molecule has 2 aliphatic heterocycles. The quantitative estimate of drug-likeness (QED) is 0.0505. The van der Waals surface area contributed by atoms with Crippen molar-refractivity contribution in [3.8, 4) is 0 Å². The van der Waals surface area contributed by atoms with Crippen molar-refractivity contribution in [3.05, 3.63) is 36.4 Å². The number of likely N-dealkylation sites (tertiary alicyclic amines) is 1. The lowest BCUT2D eigenvalue weighted by molar-refractivity contribution is -0.145. The predicted molar refractivity (Wildman–Crippen MR) is 299 cm³/mol. The van der Waals surface area contributed by atoms with E-state index in [0.29, 0.717) is 36.4 Å². The van der Waals surface area contributed by atoms with E-state index in [-0.39, 0.29) is 105 Å². The van der Waals surface area contributed by atoms with Gasteiger partial charge in [-0.25, -0.2) is 0 Å². The predicted octanol–water partition coefficient (Wildman–Crippen LogP) is 4.01. The molecule has 22 heteroatoms. The Morgan fingerprint density at radius 3 is 1.94 bits per heavy atom. The summed E-state index contributed by atoms with van der Waals surface area (Å²) in [5, 5.41) is 11.0. The van der Waals surface area contributed by atoms with Crippen molar-refractivity contribution in [1.82, 2.24) is 40.3 Å². The number of anilines is 1. The van der Waals surface area contributed by atoms with Crippen molar-refractivity contribution < 1.29 is 57.4 Å². The van der Waals surface area contributed by atoms with Gasteiger partial charge < -0.3 is 45.3 Å². The van der Waals surface area contributed by atoms with E-state index < -0.39 is 64.9 Å². The molecule has 8 unspecified atom stereocenters. The molecule has 0 aliphatic carbocycles. The molecule has 0 spiro atoms. The number of benzene rings is 1. The first-order valence-corrected chi connectivity index (χ1v) is 27.9. The molecule has 1 aromatic rings. The first-order valence-electron chi connectivity index (χ1n) is 27.1. The maximum absolute atomic E-state index is 14.2. The Labute approximate surface area is 467 Å². The Morgan fingerprint density at radius 1 is 0.782 bits per heavy atom. The average molecular weight is 1110 g/mol. The van der Waals surface area contributed by atoms with Crippen LogP contribution >= 0.6 is 11.9 Å². The largest absolute Gasteiger partial charge is 0.380 e. The standard InChI is InChI=1S/C56H91N9O12S/c1-17-36(6)50(63(14)47(71)30-58-54(74)49(35(4)5)62(12)13)41(75-15)27-46(70)64-26-18-19-40(64)51(76-16)37(7)52(72)61-78-39-22-20-38(21-23-39)59-43(67)29-57-53(73)48(34(2)3)60-42(66)28-55(8,9)32-77-33-56(10,11)31-65-44(68)24-25-45(65)69/h20-25,34-37,40-41,48-51H,17-19,26-33H2,1-16H3,(H,57,73)(H,58,74)(H,59,67)(H,60,66)(H,61,72). The fourth-order valence-corrected chi connectivity index (χ4v) is 10.7. The molecule has 78 heavy (non-hydrogen) atoms. The zero-order valence-electron chi connectivity index (χ0n) is 49.1. The number of nitrogens with one attached hydrogen (secondary N) is 5. The number of hydrogen-bond acceptors (Lipinski definition) is 14. The highest BCUT2D eigenvalue weighted by atomic mass is 32.2. The van der Waals surface area contributed by atoms with Gasteiger partial charge in [-0.1, -0.05) is 82.6 Å². The number of carbonyl (C=O) groups is 9. The maximum atomic E-state index is 14.2. The zero-order chi connectivity index (χ0) is 58.8. The first kappa shape index (κ1) is 66.9. The van der Waals surface area contributed by atoms with E-state index in [0.717, 1.165) is 11.9 Å². The Balaban J connectivity index is 1.50. The SMILES string of the molecule is CCC(C)C(C(CC(=O)N1CCCC1C(OC)C(C)C(=O)NSc1ccc(NC(=O)CNC(=O)C(NC(=O)CC(C)(C)COCC(C)(C)CN2C(=O)C=CC2=O)C(C)C)cc1)OC)N(C)C(=O)CNC(=O)C(C(C)C)N(C)C. The second-order valence-corrected chi connectivity index (χ2v) is 24.1. The van der Waals surface area contributed by atoms with E-state index >= 15 is 0 Å². The lowest BCUT2D eigenvalue weighted by atomic mass is 9.89. The minimum absolute atomic E-state index is 0.00671. The average Bonchev–Trinajstić information content (AvgIpc) is 3.99. The van der Waals surface area contributed by atoms with E-state index in [1.165, 1.54) is 31.3 Å². The molecule has 8 atom stereocenters. The monoisotopic (exact) mass is 1110 g/mol. The van der Waals surface area contributed by atoms with Crippen LogP contribution in [0.1, 0.15) is 108 Å². The van der Waals surface area contributed by atoms with Crippen LogP contribution < -0.4 is 26.0 Å². The number of imide groups is 1. The number of methoxy groups -OCH3 is 2. The normalized spacial score (nSPS) is 17.6. The Morgan fingerprint density at radius 2 is 1.38 bits per heavy atom. The fraction of sp³-hybridized carbons (Fsp3) is 0.696. The van der Waals surface area contributed by atoms with Gasteiger partial charge in [-0.2, -0.15) is 0 Å². The minimum Gasteiger partial charge on any atom is -0.380 e. The lowest BCUT2D eigenvalue weighted by Gasteiger charge is -2.39. The summed E-state index contributed by atoms with van der Waals surface area (Å²) in [6.07, 6.45) is 3.30. The number of hydrogen-bond donors (Lipinski definition) is 5. The summed E-state index contributed by atoms with van der Waals surface area (Å²) >= 11 is 1.09. The number of amides is 9. The van der Waals surface area contributed by atoms with Gasteiger partial charge in [-0.3, -0.25) is 57.7 Å². The van der Waals surface area contributed by atoms with Crippen molar-refractivity contribution in [2.75, 3.05) is 80.1 Å².